The molecule has 0 aliphatic rings. The summed E-state index contributed by atoms with van der Waals surface area (Å²) in [4.78, 5) is 9.78. The molecule has 0 radical (unpaired) electrons. The predicted octanol–water partition coefficient (Wildman–Crippen LogP) is 3.22. The number of nitrogens with zero attached hydrogens (tertiary/aromatic N) is 2. The van der Waals surface area contributed by atoms with Crippen LogP contribution >= 0.6 is 27.3 Å². The zero-order valence-corrected chi connectivity index (χ0v) is 10.6. The van der Waals surface area contributed by atoms with Crippen LogP contribution in [0.2, 0.25) is 0 Å². The van der Waals surface area contributed by atoms with Crippen molar-refractivity contribution in [3.8, 4) is 0 Å². The van der Waals surface area contributed by atoms with Crippen LogP contribution in [0.25, 0.3) is 0 Å². The second kappa shape index (κ2) is 4.72. The first-order valence-electron chi connectivity index (χ1n) is 4.52. The van der Waals surface area contributed by atoms with Gasteiger partial charge in [0.05, 0.1) is 6.54 Å². The zero-order chi connectivity index (χ0) is 10.7. The molecule has 2 rings (SSSR count). The zero-order valence-electron chi connectivity index (χ0n) is 8.20. The Kier molecular flexibility index (Phi) is 3.33. The molecule has 3 nitrogen and oxygen atoms in total. The van der Waals surface area contributed by atoms with E-state index in [2.05, 4.69) is 38.1 Å². The Morgan fingerprint density at radius 2 is 2.33 bits per heavy atom. The molecule has 2 aromatic rings. The number of rotatable bonds is 3. The van der Waals surface area contributed by atoms with Gasteiger partial charge >= 0.3 is 0 Å². The van der Waals surface area contributed by atoms with Crippen molar-refractivity contribution in [2.45, 2.75) is 13.5 Å². The van der Waals surface area contributed by atoms with Crippen molar-refractivity contribution in [2.75, 3.05) is 5.32 Å². The molecule has 2 heterocycles. The highest BCUT2D eigenvalue weighted by Gasteiger charge is 1.99. The summed E-state index contributed by atoms with van der Waals surface area (Å²) < 4.78 is 0.836. The van der Waals surface area contributed by atoms with E-state index in [0.29, 0.717) is 0 Å². The van der Waals surface area contributed by atoms with Crippen molar-refractivity contribution >= 4 is 33.1 Å². The molecule has 0 aliphatic heterocycles. The lowest BCUT2D eigenvalue weighted by molar-refractivity contribution is 1.07. The van der Waals surface area contributed by atoms with Crippen LogP contribution in [-0.2, 0) is 6.54 Å². The molecule has 0 aromatic carbocycles. The fourth-order valence-corrected chi connectivity index (χ4v) is 2.23. The molecule has 5 heteroatoms. The number of anilines is 1. The summed E-state index contributed by atoms with van der Waals surface area (Å²) in [5.74, 6) is 0.859. The summed E-state index contributed by atoms with van der Waals surface area (Å²) in [5.41, 5.74) is 0. The standard InChI is InChI=1S/C10H10BrN3S/c1-7-5-13-10(15-7)6-12-9-4-2-3-8(11)14-9/h2-5H,6H2,1H3,(H,12,14). The molecule has 0 aliphatic carbocycles. The topological polar surface area (TPSA) is 37.8 Å². The Morgan fingerprint density at radius 1 is 1.47 bits per heavy atom. The number of nitrogens with one attached hydrogen (secondary N) is 1. The van der Waals surface area contributed by atoms with Gasteiger partial charge in [0.2, 0.25) is 0 Å². The first-order chi connectivity index (χ1) is 7.24. The minimum atomic E-state index is 0.724. The van der Waals surface area contributed by atoms with Crippen LogP contribution in [-0.4, -0.2) is 9.97 Å². The van der Waals surface area contributed by atoms with Crippen molar-refractivity contribution in [3.63, 3.8) is 0 Å². The highest BCUT2D eigenvalue weighted by atomic mass is 79.9. The van der Waals surface area contributed by atoms with Gasteiger partial charge in [-0.3, -0.25) is 0 Å². The maximum absolute atomic E-state index is 4.28. The Hall–Kier alpha value is -0.940. The molecule has 0 saturated heterocycles. The van der Waals surface area contributed by atoms with Gasteiger partial charge in [-0.15, -0.1) is 11.3 Å². The smallest absolute Gasteiger partial charge is 0.127 e. The van der Waals surface area contributed by atoms with Gasteiger partial charge in [0, 0.05) is 11.1 Å². The molecule has 2 aromatic heterocycles. The number of aryl methyl sites for hydroxylation is 1. The molecule has 0 unspecified atom stereocenters. The number of halogens is 1. The molecule has 1 N–H and O–H groups in total. The first-order valence-corrected chi connectivity index (χ1v) is 6.13. The van der Waals surface area contributed by atoms with E-state index in [1.807, 2.05) is 24.4 Å². The van der Waals surface area contributed by atoms with Crippen molar-refractivity contribution in [2.24, 2.45) is 0 Å². The molecule has 0 amide bonds. The van der Waals surface area contributed by atoms with Gasteiger partial charge in [-0.1, -0.05) is 6.07 Å². The molecule has 15 heavy (non-hydrogen) atoms. The van der Waals surface area contributed by atoms with Crippen LogP contribution in [0.4, 0.5) is 5.82 Å². The Morgan fingerprint density at radius 3 is 3.00 bits per heavy atom. The van der Waals surface area contributed by atoms with Crippen molar-refractivity contribution in [1.82, 2.24) is 9.97 Å². The highest BCUT2D eigenvalue weighted by Crippen LogP contribution is 2.14. The van der Waals surface area contributed by atoms with Gasteiger partial charge < -0.3 is 5.32 Å². The molecule has 0 bridgehead atoms. The van der Waals surface area contributed by atoms with Crippen LogP contribution in [0.1, 0.15) is 9.88 Å². The maximum atomic E-state index is 4.28. The second-order valence-corrected chi connectivity index (χ2v) is 5.20. The minimum Gasteiger partial charge on any atom is -0.364 e. The third kappa shape index (κ3) is 3.00. The van der Waals surface area contributed by atoms with Gasteiger partial charge in [-0.05, 0) is 35.0 Å². The molecular weight excluding hydrogens is 274 g/mol. The van der Waals surface area contributed by atoms with E-state index in [-0.39, 0.29) is 0 Å². The van der Waals surface area contributed by atoms with Crippen LogP contribution in [0, 0.1) is 6.92 Å². The van der Waals surface area contributed by atoms with Gasteiger partial charge in [-0.25, -0.2) is 9.97 Å². The monoisotopic (exact) mass is 283 g/mol. The van der Waals surface area contributed by atoms with Crippen LogP contribution in [0.5, 0.6) is 0 Å². The number of hydrogen-bond acceptors (Lipinski definition) is 4. The summed E-state index contributed by atoms with van der Waals surface area (Å²) in [5, 5.41) is 4.30. The van der Waals surface area contributed by atoms with Crippen molar-refractivity contribution < 1.29 is 0 Å². The van der Waals surface area contributed by atoms with Crippen LogP contribution < -0.4 is 5.32 Å². The average molecular weight is 284 g/mol. The molecular formula is C10H10BrN3S. The van der Waals surface area contributed by atoms with Gasteiger partial charge in [-0.2, -0.15) is 0 Å². The molecule has 0 atom stereocenters. The molecule has 0 spiro atoms. The van der Waals surface area contributed by atoms with Crippen LogP contribution in [0.15, 0.2) is 29.0 Å². The largest absolute Gasteiger partial charge is 0.364 e. The summed E-state index contributed by atoms with van der Waals surface area (Å²) in [7, 11) is 0. The Balaban J connectivity index is 1.99. The Bertz CT molecular complexity index is 455. The van der Waals surface area contributed by atoms with E-state index in [9.17, 15) is 0 Å². The van der Waals surface area contributed by atoms with E-state index < -0.39 is 0 Å². The average Bonchev–Trinajstić information content (AvgIpc) is 2.62. The van der Waals surface area contributed by atoms with Crippen molar-refractivity contribution in [3.05, 3.63) is 38.9 Å². The summed E-state index contributed by atoms with van der Waals surface area (Å²) in [6.45, 7) is 2.78. The summed E-state index contributed by atoms with van der Waals surface area (Å²) in [6, 6.07) is 5.79. The molecule has 0 saturated carbocycles. The third-order valence-corrected chi connectivity index (χ3v) is 3.16. The Labute approximate surface area is 101 Å². The molecule has 78 valence electrons. The fourth-order valence-electron chi connectivity index (χ4n) is 1.16. The van der Waals surface area contributed by atoms with Gasteiger partial charge in [0.15, 0.2) is 0 Å². The van der Waals surface area contributed by atoms with Crippen molar-refractivity contribution in [1.29, 1.82) is 0 Å². The van der Waals surface area contributed by atoms with Crippen LogP contribution in [0.3, 0.4) is 0 Å². The lowest BCUT2D eigenvalue weighted by Gasteiger charge is -2.02. The van der Waals surface area contributed by atoms with Gasteiger partial charge in [0.1, 0.15) is 15.4 Å². The molecule has 0 fully saturated rings. The predicted molar refractivity (Wildman–Crippen MR) is 66.1 cm³/mol. The van der Waals surface area contributed by atoms with E-state index in [1.54, 1.807) is 11.3 Å². The lowest BCUT2D eigenvalue weighted by Crippen LogP contribution is -2.00. The maximum Gasteiger partial charge on any atom is 0.127 e. The summed E-state index contributed by atoms with van der Waals surface area (Å²) >= 11 is 5.03. The van der Waals surface area contributed by atoms with Gasteiger partial charge in [0.25, 0.3) is 0 Å². The fraction of sp³-hybridized carbons (Fsp3) is 0.200. The van der Waals surface area contributed by atoms with E-state index in [1.165, 1.54) is 4.88 Å². The summed E-state index contributed by atoms with van der Waals surface area (Å²) in [6.07, 6.45) is 1.88. The SMILES string of the molecule is Cc1cnc(CNc2cccc(Br)n2)s1. The second-order valence-electron chi connectivity index (χ2n) is 3.06. The third-order valence-electron chi connectivity index (χ3n) is 1.80. The van der Waals surface area contributed by atoms with E-state index in [4.69, 9.17) is 0 Å². The number of aromatic nitrogens is 2. The number of pyridine rings is 1. The number of hydrogen-bond donors (Lipinski definition) is 1. The first kappa shape index (κ1) is 10.6. The quantitative estimate of drug-likeness (QED) is 0.879. The minimum absolute atomic E-state index is 0.724. The van der Waals surface area contributed by atoms with E-state index >= 15 is 0 Å². The number of thiazole rings is 1. The van der Waals surface area contributed by atoms with E-state index in [0.717, 1.165) is 22.0 Å². The lowest BCUT2D eigenvalue weighted by atomic mass is 10.4. The normalized spacial score (nSPS) is 10.3. The highest BCUT2D eigenvalue weighted by molar-refractivity contribution is 9.10.